The molecule has 0 radical (unpaired) electrons. The number of fused-ring (bicyclic) bond motifs is 1. The number of aryl methyl sites for hydroxylation is 1. The number of carbonyl (C=O) groups excluding carboxylic acids is 1. The highest BCUT2D eigenvalue weighted by Gasteiger charge is 2.27. The number of phenolic OH excluding ortho intramolecular Hbond substituents is 1. The van der Waals surface area contributed by atoms with E-state index in [1.165, 1.54) is 10.5 Å². The van der Waals surface area contributed by atoms with E-state index in [-0.39, 0.29) is 16.9 Å². The molecular weight excluding hydrogens is 270 g/mol. The number of phenols is 1. The van der Waals surface area contributed by atoms with Gasteiger partial charge in [0, 0.05) is 16.6 Å². The molecular formula is C16H15NO2S. The van der Waals surface area contributed by atoms with Crippen molar-refractivity contribution in [2.45, 2.75) is 23.5 Å². The molecule has 0 spiro atoms. The molecule has 1 heterocycles. The molecule has 1 amide bonds. The van der Waals surface area contributed by atoms with Crippen LogP contribution in [0.5, 0.6) is 5.75 Å². The van der Waals surface area contributed by atoms with Gasteiger partial charge in [-0.15, -0.1) is 11.8 Å². The van der Waals surface area contributed by atoms with Gasteiger partial charge in [0.25, 0.3) is 0 Å². The summed E-state index contributed by atoms with van der Waals surface area (Å²) in [6.07, 6.45) is 0.754. The smallest absolute Gasteiger partial charge is 0.238 e. The van der Waals surface area contributed by atoms with Gasteiger partial charge in [-0.3, -0.25) is 4.79 Å². The summed E-state index contributed by atoms with van der Waals surface area (Å²) in [6.45, 7) is 1.82. The normalized spacial score (nSPS) is 16.8. The lowest BCUT2D eigenvalue weighted by Gasteiger charge is -2.10. The van der Waals surface area contributed by atoms with Gasteiger partial charge in [0.2, 0.25) is 5.91 Å². The molecule has 2 N–H and O–H groups in total. The highest BCUT2D eigenvalue weighted by molar-refractivity contribution is 8.01. The number of thioether (sulfide) groups is 1. The standard InChI is InChI=1S/C16H15NO2S/c1-10-6-7-12(9-13(10)18)17-16(19)15-8-11-4-2-3-5-14(11)20-15/h2-7,9,15,18H,8H2,1H3,(H,17,19). The van der Waals surface area contributed by atoms with Crippen molar-refractivity contribution >= 4 is 23.4 Å². The molecule has 3 nitrogen and oxygen atoms in total. The van der Waals surface area contributed by atoms with Gasteiger partial charge in [-0.25, -0.2) is 0 Å². The van der Waals surface area contributed by atoms with Crippen molar-refractivity contribution in [3.63, 3.8) is 0 Å². The fourth-order valence-electron chi connectivity index (χ4n) is 2.24. The van der Waals surface area contributed by atoms with Crippen LogP contribution in [0, 0.1) is 6.92 Å². The first-order chi connectivity index (χ1) is 9.63. The average molecular weight is 285 g/mol. The minimum Gasteiger partial charge on any atom is -0.508 e. The summed E-state index contributed by atoms with van der Waals surface area (Å²) in [5.41, 5.74) is 2.66. The van der Waals surface area contributed by atoms with Crippen molar-refractivity contribution in [1.82, 2.24) is 0 Å². The maximum Gasteiger partial charge on any atom is 0.238 e. The molecule has 1 aliphatic rings. The van der Waals surface area contributed by atoms with Gasteiger partial charge >= 0.3 is 0 Å². The molecule has 102 valence electrons. The Bertz CT molecular complexity index is 644. The first kappa shape index (κ1) is 13.1. The van der Waals surface area contributed by atoms with E-state index >= 15 is 0 Å². The second-order valence-corrected chi connectivity index (χ2v) is 6.15. The average Bonchev–Trinajstić information content (AvgIpc) is 2.87. The Morgan fingerprint density at radius 3 is 2.85 bits per heavy atom. The molecule has 4 heteroatoms. The van der Waals surface area contributed by atoms with Gasteiger partial charge < -0.3 is 10.4 Å². The molecule has 0 saturated heterocycles. The summed E-state index contributed by atoms with van der Waals surface area (Å²) in [7, 11) is 0. The van der Waals surface area contributed by atoms with Crippen LogP contribution >= 0.6 is 11.8 Å². The Labute approximate surface area is 122 Å². The molecule has 0 aromatic heterocycles. The monoisotopic (exact) mass is 285 g/mol. The number of hydrogen-bond acceptors (Lipinski definition) is 3. The quantitative estimate of drug-likeness (QED) is 0.889. The Kier molecular flexibility index (Phi) is 3.40. The Balaban J connectivity index is 1.71. The summed E-state index contributed by atoms with van der Waals surface area (Å²) in [5.74, 6) is 0.180. The zero-order chi connectivity index (χ0) is 14.1. The van der Waals surface area contributed by atoms with Crippen molar-refractivity contribution < 1.29 is 9.90 Å². The van der Waals surface area contributed by atoms with E-state index in [4.69, 9.17) is 0 Å². The summed E-state index contributed by atoms with van der Waals surface area (Å²) < 4.78 is 0. The van der Waals surface area contributed by atoms with E-state index in [0.717, 1.165) is 12.0 Å². The molecule has 1 unspecified atom stereocenters. The van der Waals surface area contributed by atoms with Gasteiger partial charge in [-0.05, 0) is 36.6 Å². The predicted molar refractivity (Wildman–Crippen MR) is 81.3 cm³/mol. The molecule has 1 atom stereocenters. The van der Waals surface area contributed by atoms with Crippen LogP contribution in [-0.4, -0.2) is 16.3 Å². The van der Waals surface area contributed by atoms with Crippen LogP contribution in [0.15, 0.2) is 47.4 Å². The topological polar surface area (TPSA) is 49.3 Å². The fraction of sp³-hybridized carbons (Fsp3) is 0.188. The number of aromatic hydroxyl groups is 1. The predicted octanol–water partition coefficient (Wildman–Crippen LogP) is 3.36. The van der Waals surface area contributed by atoms with Crippen LogP contribution in [0.1, 0.15) is 11.1 Å². The third-order valence-corrected chi connectivity index (χ3v) is 4.73. The maximum atomic E-state index is 12.3. The number of nitrogens with one attached hydrogen (secondary N) is 1. The molecule has 0 saturated carbocycles. The van der Waals surface area contributed by atoms with Crippen LogP contribution in [0.4, 0.5) is 5.69 Å². The van der Waals surface area contributed by atoms with Crippen molar-refractivity contribution in [2.24, 2.45) is 0 Å². The molecule has 0 bridgehead atoms. The van der Waals surface area contributed by atoms with Gasteiger partial charge in [0.1, 0.15) is 5.75 Å². The largest absolute Gasteiger partial charge is 0.508 e. The summed E-state index contributed by atoms with van der Waals surface area (Å²) in [6, 6.07) is 13.3. The third-order valence-electron chi connectivity index (χ3n) is 3.42. The molecule has 2 aromatic rings. The highest BCUT2D eigenvalue weighted by atomic mass is 32.2. The van der Waals surface area contributed by atoms with E-state index in [1.807, 2.05) is 25.1 Å². The molecule has 1 aliphatic heterocycles. The third kappa shape index (κ3) is 2.51. The van der Waals surface area contributed by atoms with Crippen LogP contribution in [0.2, 0.25) is 0 Å². The lowest BCUT2D eigenvalue weighted by atomic mass is 10.1. The molecule has 20 heavy (non-hydrogen) atoms. The SMILES string of the molecule is Cc1ccc(NC(=O)C2Cc3ccccc3S2)cc1O. The number of amides is 1. The Morgan fingerprint density at radius 1 is 1.30 bits per heavy atom. The van der Waals surface area contributed by atoms with Gasteiger partial charge in [-0.1, -0.05) is 24.3 Å². The van der Waals surface area contributed by atoms with E-state index in [0.29, 0.717) is 5.69 Å². The summed E-state index contributed by atoms with van der Waals surface area (Å²) in [5, 5.41) is 12.4. The molecule has 3 rings (SSSR count). The van der Waals surface area contributed by atoms with Gasteiger partial charge in [-0.2, -0.15) is 0 Å². The molecule has 2 aromatic carbocycles. The Morgan fingerprint density at radius 2 is 2.10 bits per heavy atom. The molecule has 0 aliphatic carbocycles. The van der Waals surface area contributed by atoms with Crippen molar-refractivity contribution in [1.29, 1.82) is 0 Å². The minimum absolute atomic E-state index is 0.0190. The number of rotatable bonds is 2. The second kappa shape index (κ2) is 5.21. The first-order valence-electron chi connectivity index (χ1n) is 6.48. The van der Waals surface area contributed by atoms with Gasteiger partial charge in [0.05, 0.1) is 5.25 Å². The zero-order valence-corrected chi connectivity index (χ0v) is 11.9. The van der Waals surface area contributed by atoms with Gasteiger partial charge in [0.15, 0.2) is 0 Å². The summed E-state index contributed by atoms with van der Waals surface area (Å²) in [4.78, 5) is 13.4. The van der Waals surface area contributed by atoms with Crippen LogP contribution in [-0.2, 0) is 11.2 Å². The van der Waals surface area contributed by atoms with E-state index in [2.05, 4.69) is 11.4 Å². The fourth-order valence-corrected chi connectivity index (χ4v) is 3.43. The highest BCUT2D eigenvalue weighted by Crippen LogP contribution is 2.37. The first-order valence-corrected chi connectivity index (χ1v) is 7.36. The lowest BCUT2D eigenvalue weighted by Crippen LogP contribution is -2.24. The van der Waals surface area contributed by atoms with E-state index in [1.54, 1.807) is 30.0 Å². The number of anilines is 1. The molecule has 0 fully saturated rings. The van der Waals surface area contributed by atoms with Crippen molar-refractivity contribution in [3.8, 4) is 5.75 Å². The number of hydrogen-bond donors (Lipinski definition) is 2. The van der Waals surface area contributed by atoms with Crippen LogP contribution in [0.3, 0.4) is 0 Å². The van der Waals surface area contributed by atoms with Crippen LogP contribution < -0.4 is 5.32 Å². The van der Waals surface area contributed by atoms with Crippen molar-refractivity contribution in [2.75, 3.05) is 5.32 Å². The van der Waals surface area contributed by atoms with E-state index < -0.39 is 0 Å². The van der Waals surface area contributed by atoms with E-state index in [9.17, 15) is 9.90 Å². The minimum atomic E-state index is -0.101. The maximum absolute atomic E-state index is 12.3. The lowest BCUT2D eigenvalue weighted by molar-refractivity contribution is -0.115. The number of benzene rings is 2. The van der Waals surface area contributed by atoms with Crippen molar-refractivity contribution in [3.05, 3.63) is 53.6 Å². The number of carbonyl (C=O) groups is 1. The zero-order valence-electron chi connectivity index (χ0n) is 11.1. The van der Waals surface area contributed by atoms with Crippen LogP contribution in [0.25, 0.3) is 0 Å². The second-order valence-electron chi connectivity index (χ2n) is 4.91. The Hall–Kier alpha value is -1.94. The summed E-state index contributed by atoms with van der Waals surface area (Å²) >= 11 is 1.60.